The molecule has 0 aliphatic carbocycles. The molecule has 2 heterocycles. The summed E-state index contributed by atoms with van der Waals surface area (Å²) >= 11 is 3.16. The summed E-state index contributed by atoms with van der Waals surface area (Å²) in [5.74, 6) is 1.09. The number of hydrogen-bond donors (Lipinski definition) is 2. The molecule has 2 N–H and O–H groups in total. The number of aromatic amines is 1. The number of rotatable bonds is 6. The van der Waals surface area contributed by atoms with Crippen LogP contribution in [0.25, 0.3) is 11.0 Å². The van der Waals surface area contributed by atoms with E-state index in [0.717, 1.165) is 17.7 Å². The number of aromatic nitrogens is 2. The van der Waals surface area contributed by atoms with Crippen molar-refractivity contribution < 1.29 is 27.4 Å². The smallest absolute Gasteiger partial charge is 0.416 e. The molecule has 0 bridgehead atoms. The fourth-order valence-electron chi connectivity index (χ4n) is 3.42. The van der Waals surface area contributed by atoms with E-state index in [9.17, 15) is 13.2 Å². The first kappa shape index (κ1) is 22.1. The van der Waals surface area contributed by atoms with Gasteiger partial charge in [-0.3, -0.25) is 0 Å². The highest BCUT2D eigenvalue weighted by Gasteiger charge is 2.31. The number of H-pyrrole nitrogens is 1. The van der Waals surface area contributed by atoms with E-state index < -0.39 is 18.0 Å². The highest BCUT2D eigenvalue weighted by molar-refractivity contribution is 9.10. The number of nitrogens with zero attached hydrogens (tertiary/aromatic N) is 1. The first-order valence-corrected chi connectivity index (χ1v) is 11.0. The molecular weight excluding hydrogens is 515 g/mol. The van der Waals surface area contributed by atoms with Crippen molar-refractivity contribution in [2.75, 3.05) is 5.32 Å². The number of ether oxygens (including phenoxy) is 3. The molecule has 174 valence electrons. The van der Waals surface area contributed by atoms with Gasteiger partial charge in [-0.2, -0.15) is 13.2 Å². The van der Waals surface area contributed by atoms with Crippen LogP contribution in [0.5, 0.6) is 5.75 Å². The van der Waals surface area contributed by atoms with E-state index in [1.165, 1.54) is 6.26 Å². The Morgan fingerprint density at radius 1 is 1.06 bits per heavy atom. The third-order valence-electron chi connectivity index (χ3n) is 5.01. The minimum atomic E-state index is -4.45. The molecule has 1 unspecified atom stereocenters. The molecule has 1 aromatic heterocycles. The van der Waals surface area contributed by atoms with Gasteiger partial charge in [-0.15, -0.1) is 0 Å². The SMILES string of the molecule is FC(F)(F)c1cc(Br)c2nc(Nc3ccc(OC4=COC(Cc5ccccc5)O4)cc3)[nH]c2c1. The number of imidazole rings is 1. The second kappa shape index (κ2) is 8.94. The number of nitrogens with one attached hydrogen (secondary N) is 2. The molecule has 4 aromatic rings. The van der Waals surface area contributed by atoms with E-state index >= 15 is 0 Å². The van der Waals surface area contributed by atoms with Crippen LogP contribution in [0, 0.1) is 0 Å². The molecule has 10 heteroatoms. The summed E-state index contributed by atoms with van der Waals surface area (Å²) < 4.78 is 56.3. The van der Waals surface area contributed by atoms with Crippen LogP contribution in [0.3, 0.4) is 0 Å². The van der Waals surface area contributed by atoms with Crippen molar-refractivity contribution in [3.05, 3.63) is 94.5 Å². The van der Waals surface area contributed by atoms with Crippen molar-refractivity contribution in [2.24, 2.45) is 0 Å². The molecule has 6 nitrogen and oxygen atoms in total. The molecule has 5 rings (SSSR count). The van der Waals surface area contributed by atoms with Crippen molar-refractivity contribution in [1.29, 1.82) is 0 Å². The molecule has 1 aliphatic rings. The molecule has 0 spiro atoms. The van der Waals surface area contributed by atoms with Gasteiger partial charge in [0.05, 0.1) is 11.1 Å². The van der Waals surface area contributed by atoms with Crippen LogP contribution >= 0.6 is 15.9 Å². The Hall–Kier alpha value is -3.66. The number of fused-ring (bicyclic) bond motifs is 1. The predicted octanol–water partition coefficient (Wildman–Crippen LogP) is 6.88. The molecule has 3 aromatic carbocycles. The van der Waals surface area contributed by atoms with Gasteiger partial charge in [0.15, 0.2) is 6.26 Å². The lowest BCUT2D eigenvalue weighted by Crippen LogP contribution is -2.13. The lowest BCUT2D eigenvalue weighted by Gasteiger charge is -2.12. The fourth-order valence-corrected chi connectivity index (χ4v) is 3.97. The minimum Gasteiger partial charge on any atom is -0.455 e. The Kier molecular flexibility index (Phi) is 5.82. The summed E-state index contributed by atoms with van der Waals surface area (Å²) in [6.07, 6.45) is -2.88. The van der Waals surface area contributed by atoms with Gasteiger partial charge in [-0.25, -0.2) is 4.98 Å². The minimum absolute atomic E-state index is 0.253. The first-order valence-electron chi connectivity index (χ1n) is 10.2. The summed E-state index contributed by atoms with van der Waals surface area (Å²) in [4.78, 5) is 7.19. The average Bonchev–Trinajstić information content (AvgIpc) is 3.42. The van der Waals surface area contributed by atoms with Gasteiger partial charge in [-0.1, -0.05) is 30.3 Å². The van der Waals surface area contributed by atoms with Gasteiger partial charge in [0.2, 0.25) is 12.2 Å². The lowest BCUT2D eigenvalue weighted by atomic mass is 10.1. The standard InChI is InChI=1S/C24H17BrF3N3O3/c25-18-11-15(24(26,27)28)12-19-22(18)31-23(30-19)29-16-6-8-17(9-7-16)33-21-13-32-20(34-21)10-14-4-2-1-3-5-14/h1-9,11-13,20H,10H2,(H2,29,30,31). The van der Waals surface area contributed by atoms with Gasteiger partial charge in [0.25, 0.3) is 0 Å². The van der Waals surface area contributed by atoms with Crippen LogP contribution in [-0.4, -0.2) is 16.3 Å². The van der Waals surface area contributed by atoms with Crippen LogP contribution in [0.15, 0.2) is 83.4 Å². The van der Waals surface area contributed by atoms with E-state index in [0.29, 0.717) is 29.3 Å². The quantitative estimate of drug-likeness (QED) is 0.284. The largest absolute Gasteiger partial charge is 0.455 e. The van der Waals surface area contributed by atoms with Crippen molar-refractivity contribution in [3.8, 4) is 5.75 Å². The van der Waals surface area contributed by atoms with Crippen molar-refractivity contribution >= 4 is 38.6 Å². The van der Waals surface area contributed by atoms with Crippen molar-refractivity contribution in [2.45, 2.75) is 18.9 Å². The van der Waals surface area contributed by atoms with Crippen LogP contribution < -0.4 is 10.1 Å². The first-order chi connectivity index (χ1) is 16.3. The Bertz CT molecular complexity index is 1340. The fraction of sp³-hybridized carbons (Fsp3) is 0.125. The Balaban J connectivity index is 1.21. The molecule has 0 amide bonds. The predicted molar refractivity (Wildman–Crippen MR) is 123 cm³/mol. The molecule has 1 aliphatic heterocycles. The lowest BCUT2D eigenvalue weighted by molar-refractivity contribution is -0.137. The topological polar surface area (TPSA) is 68.4 Å². The van der Waals surface area contributed by atoms with Crippen molar-refractivity contribution in [1.82, 2.24) is 9.97 Å². The molecule has 34 heavy (non-hydrogen) atoms. The monoisotopic (exact) mass is 531 g/mol. The Morgan fingerprint density at radius 3 is 2.56 bits per heavy atom. The number of hydrogen-bond acceptors (Lipinski definition) is 5. The van der Waals surface area contributed by atoms with E-state index in [4.69, 9.17) is 14.2 Å². The normalized spacial score (nSPS) is 15.5. The third-order valence-corrected chi connectivity index (χ3v) is 5.62. The molecule has 0 saturated heterocycles. The molecule has 1 atom stereocenters. The van der Waals surface area contributed by atoms with Gasteiger partial charge in [0, 0.05) is 16.6 Å². The van der Waals surface area contributed by atoms with Gasteiger partial charge in [-0.05, 0) is 57.9 Å². The summed E-state index contributed by atoms with van der Waals surface area (Å²) in [6.45, 7) is 0. The zero-order valence-electron chi connectivity index (χ0n) is 17.4. The zero-order valence-corrected chi connectivity index (χ0v) is 19.0. The number of alkyl halides is 3. The second-order valence-corrected chi connectivity index (χ2v) is 8.35. The van der Waals surface area contributed by atoms with E-state index in [1.807, 2.05) is 30.3 Å². The maximum Gasteiger partial charge on any atom is 0.416 e. The van der Waals surface area contributed by atoms with E-state index in [-0.39, 0.29) is 15.9 Å². The highest BCUT2D eigenvalue weighted by Crippen LogP contribution is 2.35. The Labute approximate surface area is 200 Å². The number of halogens is 4. The van der Waals surface area contributed by atoms with E-state index in [1.54, 1.807) is 24.3 Å². The number of benzene rings is 3. The van der Waals surface area contributed by atoms with Crippen LogP contribution in [0.1, 0.15) is 11.1 Å². The van der Waals surface area contributed by atoms with E-state index in [2.05, 4.69) is 31.2 Å². The van der Waals surface area contributed by atoms with Crippen LogP contribution in [-0.2, 0) is 22.1 Å². The molecule has 0 radical (unpaired) electrons. The molecule has 0 saturated carbocycles. The highest BCUT2D eigenvalue weighted by atomic mass is 79.9. The number of anilines is 2. The van der Waals surface area contributed by atoms with Crippen molar-refractivity contribution in [3.63, 3.8) is 0 Å². The van der Waals surface area contributed by atoms with Gasteiger partial charge < -0.3 is 24.5 Å². The maximum absolute atomic E-state index is 13.0. The van der Waals surface area contributed by atoms with Gasteiger partial charge in [0.1, 0.15) is 11.3 Å². The summed E-state index contributed by atoms with van der Waals surface area (Å²) in [5.41, 5.74) is 1.65. The Morgan fingerprint density at radius 2 is 1.82 bits per heavy atom. The van der Waals surface area contributed by atoms with Crippen LogP contribution in [0.4, 0.5) is 24.8 Å². The third kappa shape index (κ3) is 4.96. The summed E-state index contributed by atoms with van der Waals surface area (Å²) in [7, 11) is 0. The van der Waals surface area contributed by atoms with Gasteiger partial charge >= 0.3 is 12.1 Å². The van der Waals surface area contributed by atoms with Crippen LogP contribution in [0.2, 0.25) is 0 Å². The second-order valence-electron chi connectivity index (χ2n) is 7.50. The molecular formula is C24H17BrF3N3O3. The zero-order chi connectivity index (χ0) is 23.7. The summed E-state index contributed by atoms with van der Waals surface area (Å²) in [5, 5.41) is 3.04. The summed E-state index contributed by atoms with van der Waals surface area (Å²) in [6, 6.07) is 18.8. The maximum atomic E-state index is 13.0. The molecule has 0 fully saturated rings. The average molecular weight is 532 g/mol.